The number of fused-ring (bicyclic) bond motifs is 5. The lowest BCUT2D eigenvalue weighted by Gasteiger charge is -2.60. The van der Waals surface area contributed by atoms with Crippen molar-refractivity contribution in [2.45, 2.75) is 103 Å². The fourth-order valence-electron chi connectivity index (χ4n) is 8.36. The van der Waals surface area contributed by atoms with Crippen LogP contribution >= 0.6 is 0 Å². The molecule has 1 unspecified atom stereocenters. The Hall–Kier alpha value is -1.06. The van der Waals surface area contributed by atoms with Gasteiger partial charge in [-0.25, -0.2) is 4.79 Å². The van der Waals surface area contributed by atoms with Crippen molar-refractivity contribution in [3.8, 4) is 0 Å². The van der Waals surface area contributed by atoms with Crippen LogP contribution in [0.5, 0.6) is 0 Å². The molecule has 0 radical (unpaired) electrons. The molecule has 5 rings (SSSR count). The average molecular weight is 388 g/mol. The predicted octanol–water partition coefficient (Wildman–Crippen LogP) is 4.61. The van der Waals surface area contributed by atoms with Crippen LogP contribution in [0.3, 0.4) is 0 Å². The van der Waals surface area contributed by atoms with Gasteiger partial charge in [-0.2, -0.15) is 0 Å². The first-order valence-corrected chi connectivity index (χ1v) is 11.9. The van der Waals surface area contributed by atoms with E-state index in [0.29, 0.717) is 29.6 Å². The predicted molar refractivity (Wildman–Crippen MR) is 107 cm³/mol. The van der Waals surface area contributed by atoms with E-state index in [1.807, 2.05) is 0 Å². The van der Waals surface area contributed by atoms with Gasteiger partial charge in [0.1, 0.15) is 12.1 Å². The molecule has 4 nitrogen and oxygen atoms in total. The molecule has 4 aliphatic carbocycles. The molecule has 1 heterocycles. The van der Waals surface area contributed by atoms with Gasteiger partial charge < -0.3 is 10.1 Å². The molecular formula is C24H37NO3. The summed E-state index contributed by atoms with van der Waals surface area (Å²) in [7, 11) is 0. The summed E-state index contributed by atoms with van der Waals surface area (Å²) in [5, 5.41) is 2.76. The lowest BCUT2D eigenvalue weighted by molar-refractivity contribution is -0.163. The second kappa shape index (κ2) is 6.74. The SMILES string of the molecule is C[C@@]12CCC[C@H]1[C@@H]1CC[C@@H]3C[C@H](OC(=O)C4CCC(=O)N4)CC[C@]3(C)[C@H]1CC2. The maximum Gasteiger partial charge on any atom is 0.328 e. The molecule has 4 saturated carbocycles. The fraction of sp³-hybridized carbons (Fsp3) is 0.917. The number of hydrogen-bond donors (Lipinski definition) is 1. The molecule has 28 heavy (non-hydrogen) atoms. The van der Waals surface area contributed by atoms with E-state index in [1.54, 1.807) is 0 Å². The number of amides is 1. The summed E-state index contributed by atoms with van der Waals surface area (Å²) < 4.78 is 5.89. The number of hydrogen-bond acceptors (Lipinski definition) is 3. The Kier molecular flexibility index (Phi) is 4.56. The van der Waals surface area contributed by atoms with Gasteiger partial charge in [-0.05, 0) is 98.7 Å². The molecule has 0 aromatic rings. The molecule has 0 aromatic heterocycles. The topological polar surface area (TPSA) is 55.4 Å². The summed E-state index contributed by atoms with van der Waals surface area (Å²) in [4.78, 5) is 23.8. The van der Waals surface area contributed by atoms with E-state index in [9.17, 15) is 9.59 Å². The summed E-state index contributed by atoms with van der Waals surface area (Å²) in [5.74, 6) is 3.26. The quantitative estimate of drug-likeness (QED) is 0.704. The first-order chi connectivity index (χ1) is 13.4. The number of esters is 1. The molecule has 0 bridgehead atoms. The first-order valence-electron chi connectivity index (χ1n) is 11.9. The number of ether oxygens (including phenoxy) is 1. The minimum atomic E-state index is -0.407. The summed E-state index contributed by atoms with van der Waals surface area (Å²) in [6.07, 6.45) is 14.3. The van der Waals surface area contributed by atoms with Crippen LogP contribution in [0.1, 0.15) is 90.9 Å². The molecule has 0 spiro atoms. The molecule has 1 aliphatic heterocycles. The molecule has 5 aliphatic rings. The highest BCUT2D eigenvalue weighted by Crippen LogP contribution is 2.66. The van der Waals surface area contributed by atoms with E-state index in [1.165, 1.54) is 51.4 Å². The zero-order valence-electron chi connectivity index (χ0n) is 17.7. The Bertz CT molecular complexity index is 662. The highest BCUT2D eigenvalue weighted by atomic mass is 16.5. The first kappa shape index (κ1) is 18.9. The molecule has 1 amide bonds. The maximum atomic E-state index is 12.5. The lowest BCUT2D eigenvalue weighted by atomic mass is 9.45. The highest BCUT2D eigenvalue weighted by molar-refractivity contribution is 5.88. The van der Waals surface area contributed by atoms with Gasteiger partial charge in [0.05, 0.1) is 0 Å². The number of carbonyl (C=O) groups excluding carboxylic acids is 2. The molecule has 1 N–H and O–H groups in total. The lowest BCUT2D eigenvalue weighted by Crippen LogP contribution is -2.53. The number of carbonyl (C=O) groups is 2. The van der Waals surface area contributed by atoms with E-state index < -0.39 is 6.04 Å². The average Bonchev–Trinajstić information content (AvgIpc) is 3.27. The Morgan fingerprint density at radius 1 is 1.00 bits per heavy atom. The Morgan fingerprint density at radius 2 is 1.86 bits per heavy atom. The van der Waals surface area contributed by atoms with Crippen LogP contribution in [0.2, 0.25) is 0 Å². The molecule has 156 valence electrons. The van der Waals surface area contributed by atoms with Gasteiger partial charge in [0, 0.05) is 6.42 Å². The van der Waals surface area contributed by atoms with Gasteiger partial charge in [0.15, 0.2) is 0 Å². The van der Waals surface area contributed by atoms with Gasteiger partial charge in [0.2, 0.25) is 5.91 Å². The Balaban J connectivity index is 1.25. The van der Waals surface area contributed by atoms with Gasteiger partial charge >= 0.3 is 5.97 Å². The summed E-state index contributed by atoms with van der Waals surface area (Å²) >= 11 is 0. The van der Waals surface area contributed by atoms with E-state index in [4.69, 9.17) is 4.74 Å². The van der Waals surface area contributed by atoms with E-state index in [2.05, 4.69) is 19.2 Å². The van der Waals surface area contributed by atoms with Gasteiger partial charge in [0.25, 0.3) is 0 Å². The molecule has 5 fully saturated rings. The van der Waals surface area contributed by atoms with Gasteiger partial charge in [-0.3, -0.25) is 4.79 Å². The highest BCUT2D eigenvalue weighted by Gasteiger charge is 2.58. The summed E-state index contributed by atoms with van der Waals surface area (Å²) in [6, 6.07) is -0.407. The van der Waals surface area contributed by atoms with Crippen LogP contribution in [0.4, 0.5) is 0 Å². The van der Waals surface area contributed by atoms with Crippen molar-refractivity contribution in [1.29, 1.82) is 0 Å². The standard InChI is InChI=1S/C24H37NO3/c1-23-11-3-4-18(23)17-6-5-15-14-16(9-13-24(15,2)19(17)10-12-23)28-22(27)20-7-8-21(26)25-20/h15-20H,3-14H2,1-2H3,(H,25,26)/t15-,16-,17+,18+,19+,20?,23+,24+/m1/s1. The van der Waals surface area contributed by atoms with Crippen LogP contribution in [-0.2, 0) is 14.3 Å². The fourth-order valence-corrected chi connectivity index (χ4v) is 8.36. The van der Waals surface area contributed by atoms with Crippen LogP contribution in [0.15, 0.2) is 0 Å². The minimum Gasteiger partial charge on any atom is -0.461 e. The van der Waals surface area contributed by atoms with E-state index in [-0.39, 0.29) is 18.0 Å². The molecule has 4 heteroatoms. The van der Waals surface area contributed by atoms with Crippen molar-refractivity contribution < 1.29 is 14.3 Å². The largest absolute Gasteiger partial charge is 0.461 e. The Morgan fingerprint density at radius 3 is 2.64 bits per heavy atom. The van der Waals surface area contributed by atoms with Crippen molar-refractivity contribution in [2.75, 3.05) is 0 Å². The summed E-state index contributed by atoms with van der Waals surface area (Å²) in [6.45, 7) is 5.15. The van der Waals surface area contributed by atoms with Crippen molar-refractivity contribution in [3.05, 3.63) is 0 Å². The molecule has 1 saturated heterocycles. The van der Waals surface area contributed by atoms with Crippen molar-refractivity contribution in [3.63, 3.8) is 0 Å². The van der Waals surface area contributed by atoms with Gasteiger partial charge in [-0.1, -0.05) is 20.3 Å². The smallest absolute Gasteiger partial charge is 0.328 e. The van der Waals surface area contributed by atoms with Crippen molar-refractivity contribution >= 4 is 11.9 Å². The maximum absolute atomic E-state index is 12.5. The third-order valence-electron chi connectivity index (χ3n) is 9.96. The zero-order valence-corrected chi connectivity index (χ0v) is 17.7. The van der Waals surface area contributed by atoms with Crippen LogP contribution in [0.25, 0.3) is 0 Å². The van der Waals surface area contributed by atoms with Crippen LogP contribution in [-0.4, -0.2) is 24.0 Å². The molecule has 0 aromatic carbocycles. The van der Waals surface area contributed by atoms with Crippen molar-refractivity contribution in [2.24, 2.45) is 34.5 Å². The third-order valence-corrected chi connectivity index (χ3v) is 9.96. The zero-order chi connectivity index (χ0) is 19.5. The second-order valence-corrected chi connectivity index (χ2v) is 11.2. The van der Waals surface area contributed by atoms with E-state index >= 15 is 0 Å². The third kappa shape index (κ3) is 2.92. The second-order valence-electron chi connectivity index (χ2n) is 11.2. The molecule has 8 atom stereocenters. The van der Waals surface area contributed by atoms with E-state index in [0.717, 1.165) is 30.6 Å². The Labute approximate surface area is 169 Å². The monoisotopic (exact) mass is 387 g/mol. The van der Waals surface area contributed by atoms with Crippen LogP contribution < -0.4 is 5.32 Å². The van der Waals surface area contributed by atoms with Crippen LogP contribution in [0, 0.1) is 34.5 Å². The number of rotatable bonds is 2. The van der Waals surface area contributed by atoms with Crippen molar-refractivity contribution in [1.82, 2.24) is 5.32 Å². The molecular weight excluding hydrogens is 350 g/mol. The summed E-state index contributed by atoms with van der Waals surface area (Å²) in [5.41, 5.74) is 1.07. The normalized spacial score (nSPS) is 50.3. The number of nitrogens with one attached hydrogen (secondary N) is 1. The van der Waals surface area contributed by atoms with Gasteiger partial charge in [-0.15, -0.1) is 0 Å². The minimum absolute atomic E-state index is 0.0206.